The van der Waals surface area contributed by atoms with E-state index in [1.807, 2.05) is 12.2 Å². The van der Waals surface area contributed by atoms with Gasteiger partial charge in [0.2, 0.25) is 5.91 Å². The predicted molar refractivity (Wildman–Crippen MR) is 58.9 cm³/mol. The number of carbonyl (C=O) groups excluding carboxylic acids is 1. The summed E-state index contributed by atoms with van der Waals surface area (Å²) in [6.45, 7) is 4.16. The lowest BCUT2D eigenvalue weighted by atomic mass is 10.1. The molecule has 74 valence electrons. The van der Waals surface area contributed by atoms with E-state index in [9.17, 15) is 4.79 Å². The fourth-order valence-electron chi connectivity index (χ4n) is 1.08. The third-order valence-corrected chi connectivity index (χ3v) is 1.86. The van der Waals surface area contributed by atoms with Gasteiger partial charge in [-0.25, -0.2) is 0 Å². The molecule has 2 heteroatoms. The Morgan fingerprint density at radius 2 is 2.00 bits per heavy atom. The van der Waals surface area contributed by atoms with Crippen LogP contribution in [0.5, 0.6) is 0 Å². The molecule has 0 bridgehead atoms. The predicted octanol–water partition coefficient (Wildman–Crippen LogP) is 2.14. The molecule has 0 aliphatic carbocycles. The van der Waals surface area contributed by atoms with Gasteiger partial charge in [0.15, 0.2) is 0 Å². The van der Waals surface area contributed by atoms with Gasteiger partial charge in [-0.3, -0.25) is 4.79 Å². The highest BCUT2D eigenvalue weighted by molar-refractivity contribution is 5.73. The van der Waals surface area contributed by atoms with Crippen LogP contribution in [0, 0.1) is 6.92 Å². The van der Waals surface area contributed by atoms with Gasteiger partial charge in [-0.2, -0.15) is 0 Å². The number of benzene rings is 1. The minimum Gasteiger partial charge on any atom is -0.353 e. The molecule has 0 unspecified atom stereocenters. The van der Waals surface area contributed by atoms with Crippen LogP contribution in [-0.2, 0) is 4.79 Å². The summed E-state index contributed by atoms with van der Waals surface area (Å²) in [5, 5.41) is 2.70. The number of carbonyl (C=O) groups is 1. The van der Waals surface area contributed by atoms with Gasteiger partial charge in [-0.1, -0.05) is 42.0 Å². The fourth-order valence-corrected chi connectivity index (χ4v) is 1.08. The topological polar surface area (TPSA) is 29.1 Å². The molecule has 0 aliphatic heterocycles. The van der Waals surface area contributed by atoms with Crippen molar-refractivity contribution in [3.05, 3.63) is 41.5 Å². The molecule has 0 aliphatic rings. The molecule has 2 nitrogen and oxygen atoms in total. The van der Waals surface area contributed by atoms with Gasteiger partial charge in [0.25, 0.3) is 0 Å². The molecule has 14 heavy (non-hydrogen) atoms. The van der Waals surface area contributed by atoms with Gasteiger partial charge in [0.1, 0.15) is 0 Å². The number of amides is 1. The number of hydrogen-bond acceptors (Lipinski definition) is 1. The monoisotopic (exact) mass is 189 g/mol. The maximum absolute atomic E-state index is 10.6. The minimum atomic E-state index is -0.00134. The van der Waals surface area contributed by atoms with Gasteiger partial charge in [0, 0.05) is 13.5 Å². The average Bonchev–Trinajstić information content (AvgIpc) is 2.15. The van der Waals surface area contributed by atoms with Gasteiger partial charge in [0.05, 0.1) is 0 Å². The lowest BCUT2D eigenvalue weighted by molar-refractivity contribution is -0.118. The SMILES string of the molecule is CC(=O)NCC=Cc1ccc(C)cc1. The summed E-state index contributed by atoms with van der Waals surface area (Å²) in [6, 6.07) is 8.25. The molecule has 1 rings (SSSR count). The second-order valence-corrected chi connectivity index (χ2v) is 3.25. The van der Waals surface area contributed by atoms with Crippen LogP contribution in [0.15, 0.2) is 30.3 Å². The molecular formula is C12H15NO. The molecule has 0 saturated heterocycles. The van der Waals surface area contributed by atoms with E-state index in [-0.39, 0.29) is 5.91 Å². The molecule has 1 aromatic rings. The molecule has 0 aromatic heterocycles. The van der Waals surface area contributed by atoms with Crippen molar-refractivity contribution in [2.75, 3.05) is 6.54 Å². The van der Waals surface area contributed by atoms with Crippen LogP contribution >= 0.6 is 0 Å². The van der Waals surface area contributed by atoms with E-state index in [1.54, 1.807) is 0 Å². The highest BCUT2D eigenvalue weighted by Gasteiger charge is 1.87. The zero-order valence-electron chi connectivity index (χ0n) is 8.58. The lowest BCUT2D eigenvalue weighted by Crippen LogP contribution is -2.19. The maximum Gasteiger partial charge on any atom is 0.217 e. The third-order valence-electron chi connectivity index (χ3n) is 1.86. The molecular weight excluding hydrogens is 174 g/mol. The normalized spacial score (nSPS) is 10.4. The molecule has 1 aromatic carbocycles. The van der Waals surface area contributed by atoms with E-state index in [0.29, 0.717) is 6.54 Å². The number of aryl methyl sites for hydroxylation is 1. The molecule has 0 atom stereocenters. The summed E-state index contributed by atoms with van der Waals surface area (Å²) in [5.41, 5.74) is 2.41. The van der Waals surface area contributed by atoms with Crippen molar-refractivity contribution in [3.63, 3.8) is 0 Å². The van der Waals surface area contributed by atoms with Crippen LogP contribution < -0.4 is 5.32 Å². The number of hydrogen-bond donors (Lipinski definition) is 1. The van der Waals surface area contributed by atoms with Crippen molar-refractivity contribution in [2.45, 2.75) is 13.8 Å². The molecule has 0 radical (unpaired) electrons. The summed E-state index contributed by atoms with van der Waals surface area (Å²) in [4.78, 5) is 10.6. The van der Waals surface area contributed by atoms with Gasteiger partial charge >= 0.3 is 0 Å². The Morgan fingerprint density at radius 1 is 1.36 bits per heavy atom. The van der Waals surface area contributed by atoms with Crippen LogP contribution in [0.3, 0.4) is 0 Å². The van der Waals surface area contributed by atoms with Crippen LogP contribution in [0.25, 0.3) is 6.08 Å². The first kappa shape index (κ1) is 10.5. The second-order valence-electron chi connectivity index (χ2n) is 3.25. The smallest absolute Gasteiger partial charge is 0.217 e. The van der Waals surface area contributed by atoms with Crippen molar-refractivity contribution in [1.82, 2.24) is 5.32 Å². The Labute approximate surface area is 84.6 Å². The number of rotatable bonds is 3. The lowest BCUT2D eigenvalue weighted by Gasteiger charge is -1.96. The average molecular weight is 189 g/mol. The molecule has 0 spiro atoms. The first-order valence-electron chi connectivity index (χ1n) is 4.66. The van der Waals surface area contributed by atoms with Crippen molar-refractivity contribution >= 4 is 12.0 Å². The summed E-state index contributed by atoms with van der Waals surface area (Å²) in [7, 11) is 0. The largest absolute Gasteiger partial charge is 0.353 e. The zero-order chi connectivity index (χ0) is 10.4. The quantitative estimate of drug-likeness (QED) is 0.775. The molecule has 0 heterocycles. The van der Waals surface area contributed by atoms with Gasteiger partial charge < -0.3 is 5.32 Å². The summed E-state index contributed by atoms with van der Waals surface area (Å²) < 4.78 is 0. The van der Waals surface area contributed by atoms with E-state index in [1.165, 1.54) is 12.5 Å². The van der Waals surface area contributed by atoms with Crippen LogP contribution in [0.4, 0.5) is 0 Å². The fraction of sp³-hybridized carbons (Fsp3) is 0.250. The minimum absolute atomic E-state index is 0.00134. The standard InChI is InChI=1S/C12H15NO/c1-10-5-7-12(8-6-10)4-3-9-13-11(2)14/h3-8H,9H2,1-2H3,(H,13,14). The summed E-state index contributed by atoms with van der Waals surface area (Å²) in [6.07, 6.45) is 3.93. The Kier molecular flexibility index (Phi) is 3.92. The van der Waals surface area contributed by atoms with Crippen LogP contribution in [0.2, 0.25) is 0 Å². The van der Waals surface area contributed by atoms with Crippen molar-refractivity contribution in [2.24, 2.45) is 0 Å². The zero-order valence-corrected chi connectivity index (χ0v) is 8.58. The van der Waals surface area contributed by atoms with Crippen LogP contribution in [0.1, 0.15) is 18.1 Å². The molecule has 0 fully saturated rings. The maximum atomic E-state index is 10.6. The van der Waals surface area contributed by atoms with E-state index in [4.69, 9.17) is 0 Å². The molecule has 0 saturated carbocycles. The molecule has 1 N–H and O–H groups in total. The number of nitrogens with one attached hydrogen (secondary N) is 1. The Morgan fingerprint density at radius 3 is 2.57 bits per heavy atom. The Balaban J connectivity index is 2.44. The van der Waals surface area contributed by atoms with E-state index in [0.717, 1.165) is 5.56 Å². The van der Waals surface area contributed by atoms with Gasteiger partial charge in [-0.15, -0.1) is 0 Å². The van der Waals surface area contributed by atoms with E-state index >= 15 is 0 Å². The first-order chi connectivity index (χ1) is 6.68. The highest BCUT2D eigenvalue weighted by Crippen LogP contribution is 2.04. The third kappa shape index (κ3) is 3.90. The van der Waals surface area contributed by atoms with Gasteiger partial charge in [-0.05, 0) is 12.5 Å². The van der Waals surface area contributed by atoms with Crippen LogP contribution in [-0.4, -0.2) is 12.5 Å². The summed E-state index contributed by atoms with van der Waals surface area (Å²) >= 11 is 0. The van der Waals surface area contributed by atoms with E-state index in [2.05, 4.69) is 36.5 Å². The summed E-state index contributed by atoms with van der Waals surface area (Å²) in [5.74, 6) is -0.00134. The van der Waals surface area contributed by atoms with Crippen molar-refractivity contribution in [1.29, 1.82) is 0 Å². The highest BCUT2D eigenvalue weighted by atomic mass is 16.1. The van der Waals surface area contributed by atoms with Crippen molar-refractivity contribution in [3.8, 4) is 0 Å². The Bertz CT molecular complexity index is 325. The first-order valence-corrected chi connectivity index (χ1v) is 4.66. The van der Waals surface area contributed by atoms with Crippen molar-refractivity contribution < 1.29 is 4.79 Å². The second kappa shape index (κ2) is 5.22. The molecule has 1 amide bonds. The van der Waals surface area contributed by atoms with E-state index < -0.39 is 0 Å². The Hall–Kier alpha value is -1.57.